The lowest BCUT2D eigenvalue weighted by molar-refractivity contribution is -0.131. The van der Waals surface area contributed by atoms with Crippen LogP contribution in [0.25, 0.3) is 10.7 Å². The molecule has 0 spiro atoms. The first kappa shape index (κ1) is 16.9. The van der Waals surface area contributed by atoms with Crippen molar-refractivity contribution in [3.8, 4) is 10.7 Å². The van der Waals surface area contributed by atoms with Gasteiger partial charge in [0.05, 0.1) is 4.88 Å². The molecule has 0 unspecified atom stereocenters. The molecule has 0 atom stereocenters. The molecule has 1 fully saturated rings. The minimum atomic E-state index is 0. The summed E-state index contributed by atoms with van der Waals surface area (Å²) >= 11 is 1.59. The smallest absolute Gasteiger partial charge is 0.226 e. The average Bonchev–Trinajstić information content (AvgIpc) is 3.19. The van der Waals surface area contributed by atoms with Crippen LogP contribution >= 0.6 is 23.7 Å². The monoisotopic (exact) mass is 342 g/mol. The van der Waals surface area contributed by atoms with Crippen LogP contribution in [-0.2, 0) is 11.2 Å². The summed E-state index contributed by atoms with van der Waals surface area (Å²) in [6.07, 6.45) is 1.93. The molecule has 0 aromatic carbocycles. The number of aryl methyl sites for hydroxylation is 1. The van der Waals surface area contributed by atoms with Gasteiger partial charge in [0.25, 0.3) is 0 Å². The second-order valence-electron chi connectivity index (χ2n) is 4.97. The van der Waals surface area contributed by atoms with E-state index < -0.39 is 0 Å². The van der Waals surface area contributed by atoms with Crippen LogP contribution < -0.4 is 5.32 Å². The van der Waals surface area contributed by atoms with Gasteiger partial charge < -0.3 is 14.7 Å². The highest BCUT2D eigenvalue weighted by molar-refractivity contribution is 7.13. The zero-order valence-electron chi connectivity index (χ0n) is 12.2. The molecule has 1 saturated heterocycles. The Kier molecular flexibility index (Phi) is 6.35. The summed E-state index contributed by atoms with van der Waals surface area (Å²) in [7, 11) is 0. The van der Waals surface area contributed by atoms with Crippen molar-refractivity contribution in [3.05, 3.63) is 23.4 Å². The minimum absolute atomic E-state index is 0. The lowest BCUT2D eigenvalue weighted by Gasteiger charge is -2.27. The summed E-state index contributed by atoms with van der Waals surface area (Å²) in [5.74, 6) is 1.45. The third kappa shape index (κ3) is 4.28. The summed E-state index contributed by atoms with van der Waals surface area (Å²) in [6.45, 7) is 3.39. The molecule has 1 amide bonds. The van der Waals surface area contributed by atoms with Gasteiger partial charge in [-0.15, -0.1) is 23.7 Å². The van der Waals surface area contributed by atoms with Gasteiger partial charge in [-0.1, -0.05) is 11.2 Å². The molecule has 8 heteroatoms. The highest BCUT2D eigenvalue weighted by Crippen LogP contribution is 2.21. The molecular weight excluding hydrogens is 324 g/mol. The van der Waals surface area contributed by atoms with E-state index in [1.807, 2.05) is 22.4 Å². The minimum Gasteiger partial charge on any atom is -0.340 e. The van der Waals surface area contributed by atoms with E-state index in [0.717, 1.165) is 37.5 Å². The molecule has 120 valence electrons. The van der Waals surface area contributed by atoms with Crippen molar-refractivity contribution >= 4 is 29.7 Å². The van der Waals surface area contributed by atoms with E-state index in [4.69, 9.17) is 4.52 Å². The van der Waals surface area contributed by atoms with Crippen molar-refractivity contribution in [2.75, 3.05) is 26.2 Å². The van der Waals surface area contributed by atoms with E-state index in [2.05, 4.69) is 15.5 Å². The first-order valence-electron chi connectivity index (χ1n) is 7.18. The summed E-state index contributed by atoms with van der Waals surface area (Å²) in [4.78, 5) is 19.3. The first-order valence-corrected chi connectivity index (χ1v) is 8.06. The number of thiophene rings is 1. The van der Waals surface area contributed by atoms with Crippen molar-refractivity contribution in [2.45, 2.75) is 19.3 Å². The van der Waals surface area contributed by atoms with Crippen LogP contribution in [0.1, 0.15) is 18.7 Å². The fourth-order valence-corrected chi connectivity index (χ4v) is 2.97. The number of halogens is 1. The van der Waals surface area contributed by atoms with Crippen molar-refractivity contribution < 1.29 is 9.32 Å². The van der Waals surface area contributed by atoms with Gasteiger partial charge in [-0.25, -0.2) is 0 Å². The largest absolute Gasteiger partial charge is 0.340 e. The number of amides is 1. The number of rotatable bonds is 5. The Hall–Kier alpha value is -1.44. The molecule has 1 aliphatic heterocycles. The number of carbonyl (C=O) groups is 1. The first-order chi connectivity index (χ1) is 10.3. The fourth-order valence-electron chi connectivity index (χ4n) is 2.33. The summed E-state index contributed by atoms with van der Waals surface area (Å²) in [5.41, 5.74) is 0. The van der Waals surface area contributed by atoms with E-state index in [-0.39, 0.29) is 18.3 Å². The number of nitrogens with zero attached hydrogens (tertiary/aromatic N) is 3. The highest BCUT2D eigenvalue weighted by Gasteiger charge is 2.16. The number of carbonyl (C=O) groups excluding carboxylic acids is 1. The molecule has 0 bridgehead atoms. The number of hydrogen-bond acceptors (Lipinski definition) is 6. The fraction of sp³-hybridized carbons (Fsp3) is 0.500. The quantitative estimate of drug-likeness (QED) is 0.899. The van der Waals surface area contributed by atoms with Crippen LogP contribution in [0, 0.1) is 0 Å². The van der Waals surface area contributed by atoms with Gasteiger partial charge in [0.2, 0.25) is 17.6 Å². The molecule has 2 aromatic rings. The molecule has 6 nitrogen and oxygen atoms in total. The predicted molar refractivity (Wildman–Crippen MR) is 87.2 cm³/mol. The Morgan fingerprint density at radius 2 is 2.23 bits per heavy atom. The predicted octanol–water partition coefficient (Wildman–Crippen LogP) is 1.97. The third-order valence-electron chi connectivity index (χ3n) is 3.46. The normalized spacial score (nSPS) is 14.6. The van der Waals surface area contributed by atoms with Crippen LogP contribution in [0.4, 0.5) is 0 Å². The summed E-state index contributed by atoms with van der Waals surface area (Å²) < 4.78 is 5.23. The van der Waals surface area contributed by atoms with E-state index in [0.29, 0.717) is 24.6 Å². The van der Waals surface area contributed by atoms with Crippen LogP contribution in [0.5, 0.6) is 0 Å². The van der Waals surface area contributed by atoms with Crippen molar-refractivity contribution in [3.63, 3.8) is 0 Å². The molecule has 0 saturated carbocycles. The number of hydrogen-bond donors (Lipinski definition) is 1. The lowest BCUT2D eigenvalue weighted by atomic mass is 10.2. The van der Waals surface area contributed by atoms with Crippen LogP contribution in [-0.4, -0.2) is 47.1 Å². The maximum Gasteiger partial charge on any atom is 0.226 e. The molecule has 0 radical (unpaired) electrons. The molecule has 3 heterocycles. The maximum atomic E-state index is 12.0. The van der Waals surface area contributed by atoms with Crippen LogP contribution in [0.2, 0.25) is 0 Å². The van der Waals surface area contributed by atoms with Crippen LogP contribution in [0.15, 0.2) is 22.0 Å². The van der Waals surface area contributed by atoms with Gasteiger partial charge in [0, 0.05) is 39.0 Å². The number of aromatic nitrogens is 2. The zero-order chi connectivity index (χ0) is 14.5. The second-order valence-corrected chi connectivity index (χ2v) is 5.92. The summed E-state index contributed by atoms with van der Waals surface area (Å²) in [5, 5.41) is 9.19. The van der Waals surface area contributed by atoms with Gasteiger partial charge in [0.15, 0.2) is 0 Å². The van der Waals surface area contributed by atoms with E-state index >= 15 is 0 Å². The van der Waals surface area contributed by atoms with Crippen molar-refractivity contribution in [2.24, 2.45) is 0 Å². The standard InChI is InChI=1S/C14H18N4O2S.ClH/c19-13(18-8-6-15-7-9-18)5-1-4-12-16-14(17-20-12)11-3-2-10-21-11;/h2-3,10,15H,1,4-9H2;1H. The van der Waals surface area contributed by atoms with Gasteiger partial charge in [-0.3, -0.25) is 4.79 Å². The molecule has 1 N–H and O–H groups in total. The number of piperazine rings is 1. The topological polar surface area (TPSA) is 71.3 Å². The van der Waals surface area contributed by atoms with Crippen molar-refractivity contribution in [1.82, 2.24) is 20.4 Å². The third-order valence-corrected chi connectivity index (χ3v) is 4.33. The second kappa shape index (κ2) is 8.26. The Labute approximate surface area is 139 Å². The van der Waals surface area contributed by atoms with Gasteiger partial charge in [0.1, 0.15) is 0 Å². The maximum absolute atomic E-state index is 12.0. The highest BCUT2D eigenvalue weighted by atomic mass is 35.5. The van der Waals surface area contributed by atoms with Gasteiger partial charge in [-0.2, -0.15) is 4.98 Å². The molecule has 2 aromatic heterocycles. The zero-order valence-corrected chi connectivity index (χ0v) is 13.8. The van der Waals surface area contributed by atoms with Crippen LogP contribution in [0.3, 0.4) is 0 Å². The van der Waals surface area contributed by atoms with E-state index in [1.165, 1.54) is 0 Å². The SMILES string of the molecule is Cl.O=C(CCCc1nc(-c2cccs2)no1)N1CCNCC1. The van der Waals surface area contributed by atoms with E-state index in [1.54, 1.807) is 11.3 Å². The molecule has 0 aliphatic carbocycles. The van der Waals surface area contributed by atoms with E-state index in [9.17, 15) is 4.79 Å². The number of nitrogens with one attached hydrogen (secondary N) is 1. The Morgan fingerprint density at radius 3 is 2.95 bits per heavy atom. The molecule has 1 aliphatic rings. The van der Waals surface area contributed by atoms with Gasteiger partial charge in [-0.05, 0) is 17.9 Å². The Bertz CT molecular complexity index is 581. The molecule has 3 rings (SSSR count). The Morgan fingerprint density at radius 1 is 1.41 bits per heavy atom. The molecule has 22 heavy (non-hydrogen) atoms. The van der Waals surface area contributed by atoms with Crippen molar-refractivity contribution in [1.29, 1.82) is 0 Å². The Balaban J connectivity index is 0.00000176. The van der Waals surface area contributed by atoms with Gasteiger partial charge >= 0.3 is 0 Å². The summed E-state index contributed by atoms with van der Waals surface area (Å²) in [6, 6.07) is 3.93. The lowest BCUT2D eigenvalue weighted by Crippen LogP contribution is -2.46. The average molecular weight is 343 g/mol. The molecular formula is C14H19ClN4O2S.